The number of benzene rings is 1. The van der Waals surface area contributed by atoms with Gasteiger partial charge < -0.3 is 19.7 Å². The fraction of sp³-hybridized carbons (Fsp3) is 0.450. The van der Waals surface area contributed by atoms with Crippen LogP contribution >= 0.6 is 0 Å². The van der Waals surface area contributed by atoms with Crippen molar-refractivity contribution < 1.29 is 17.9 Å². The lowest BCUT2D eigenvalue weighted by Crippen LogP contribution is -2.40. The van der Waals surface area contributed by atoms with Gasteiger partial charge in [-0.1, -0.05) is 18.2 Å². The summed E-state index contributed by atoms with van der Waals surface area (Å²) < 4.78 is 37.6. The van der Waals surface area contributed by atoms with Crippen molar-refractivity contribution in [1.29, 1.82) is 0 Å². The summed E-state index contributed by atoms with van der Waals surface area (Å²) in [6.07, 6.45) is 1.40. The van der Waals surface area contributed by atoms with Gasteiger partial charge in [0.05, 0.1) is 26.4 Å². The van der Waals surface area contributed by atoms with Gasteiger partial charge in [-0.2, -0.15) is 4.31 Å². The Balaban J connectivity index is 1.70. The summed E-state index contributed by atoms with van der Waals surface area (Å²) in [5, 5.41) is 3.30. The molecule has 1 atom stereocenters. The van der Waals surface area contributed by atoms with E-state index in [1.54, 1.807) is 19.2 Å². The molecule has 0 radical (unpaired) electrons. The highest BCUT2D eigenvalue weighted by atomic mass is 32.2. The Hall–Kier alpha value is -2.20. The Morgan fingerprint density at radius 1 is 1.21 bits per heavy atom. The van der Waals surface area contributed by atoms with Gasteiger partial charge in [0.15, 0.2) is 0 Å². The van der Waals surface area contributed by atoms with Crippen LogP contribution in [0.2, 0.25) is 0 Å². The molecule has 1 aliphatic rings. The minimum absolute atomic E-state index is 0.0599. The number of ether oxygens (including phenoxy) is 2. The maximum absolute atomic E-state index is 12.7. The standard InChI is InChI=1S/C20H28N4O4S/c1-23(2)18(17-6-4-5-7-19(17)27-3)15-22-20-9-8-16(14-21-20)29(25,26)24-10-12-28-13-11-24/h4-9,14,18H,10-13,15H2,1-3H3,(H,21,22)/t18-/m1/s1. The van der Waals surface area contributed by atoms with E-state index in [-0.39, 0.29) is 10.9 Å². The molecule has 1 fully saturated rings. The number of morpholine rings is 1. The molecule has 8 nitrogen and oxygen atoms in total. The molecular formula is C20H28N4O4S. The summed E-state index contributed by atoms with van der Waals surface area (Å²) in [4.78, 5) is 6.60. The first-order valence-corrected chi connectivity index (χ1v) is 10.9. The molecule has 0 amide bonds. The van der Waals surface area contributed by atoms with E-state index in [0.717, 1.165) is 11.3 Å². The average molecular weight is 421 g/mol. The van der Waals surface area contributed by atoms with Crippen molar-refractivity contribution in [3.05, 3.63) is 48.2 Å². The topological polar surface area (TPSA) is 84.0 Å². The van der Waals surface area contributed by atoms with Gasteiger partial charge >= 0.3 is 0 Å². The number of nitrogens with zero attached hydrogens (tertiary/aromatic N) is 3. The second-order valence-electron chi connectivity index (χ2n) is 7.00. The Morgan fingerprint density at radius 3 is 2.55 bits per heavy atom. The van der Waals surface area contributed by atoms with E-state index < -0.39 is 10.0 Å². The van der Waals surface area contributed by atoms with Crippen LogP contribution in [0, 0.1) is 0 Å². The van der Waals surface area contributed by atoms with Gasteiger partial charge in [-0.15, -0.1) is 0 Å². The van der Waals surface area contributed by atoms with Crippen LogP contribution in [-0.2, 0) is 14.8 Å². The van der Waals surface area contributed by atoms with E-state index in [1.165, 1.54) is 10.5 Å². The molecular weight excluding hydrogens is 392 g/mol. The Morgan fingerprint density at radius 2 is 1.93 bits per heavy atom. The van der Waals surface area contributed by atoms with Gasteiger partial charge in [0.2, 0.25) is 10.0 Å². The van der Waals surface area contributed by atoms with Crippen LogP contribution in [0.3, 0.4) is 0 Å². The molecule has 1 saturated heterocycles. The molecule has 158 valence electrons. The third kappa shape index (κ3) is 5.05. The molecule has 9 heteroatoms. The first kappa shape index (κ1) is 21.5. The average Bonchev–Trinajstić information content (AvgIpc) is 2.75. The lowest BCUT2D eigenvalue weighted by Gasteiger charge is -2.27. The quantitative estimate of drug-likeness (QED) is 0.697. The van der Waals surface area contributed by atoms with Gasteiger partial charge in [0, 0.05) is 31.4 Å². The number of hydrogen-bond donors (Lipinski definition) is 1. The first-order valence-electron chi connectivity index (χ1n) is 9.50. The SMILES string of the molecule is COc1ccccc1[C@@H](CNc1ccc(S(=O)(=O)N2CCOCC2)cn1)N(C)C. The number of pyridine rings is 1. The van der Waals surface area contributed by atoms with Crippen LogP contribution in [0.5, 0.6) is 5.75 Å². The summed E-state index contributed by atoms with van der Waals surface area (Å²) in [7, 11) is 2.13. The smallest absolute Gasteiger partial charge is 0.244 e. The number of hydrogen-bond acceptors (Lipinski definition) is 7. The monoisotopic (exact) mass is 420 g/mol. The maximum atomic E-state index is 12.7. The van der Waals surface area contributed by atoms with E-state index in [4.69, 9.17) is 9.47 Å². The minimum atomic E-state index is -3.54. The molecule has 2 aromatic rings. The third-order valence-corrected chi connectivity index (χ3v) is 6.82. The number of anilines is 1. The van der Waals surface area contributed by atoms with Gasteiger partial charge in [-0.05, 0) is 32.3 Å². The van der Waals surface area contributed by atoms with Crippen LogP contribution in [0.15, 0.2) is 47.5 Å². The molecule has 0 bridgehead atoms. The van der Waals surface area contributed by atoms with Crippen molar-refractivity contribution in [2.24, 2.45) is 0 Å². The highest BCUT2D eigenvalue weighted by Crippen LogP contribution is 2.28. The Kier molecular flexibility index (Phi) is 7.07. The molecule has 0 unspecified atom stereocenters. The number of para-hydroxylation sites is 1. The van der Waals surface area contributed by atoms with Crippen molar-refractivity contribution >= 4 is 15.8 Å². The van der Waals surface area contributed by atoms with Crippen LogP contribution in [0.1, 0.15) is 11.6 Å². The number of aromatic nitrogens is 1. The predicted octanol–water partition coefficient (Wildman–Crippen LogP) is 1.83. The molecule has 1 aliphatic heterocycles. The van der Waals surface area contributed by atoms with Gasteiger partial charge in [0.1, 0.15) is 16.5 Å². The van der Waals surface area contributed by atoms with Gasteiger partial charge in [-0.25, -0.2) is 13.4 Å². The van der Waals surface area contributed by atoms with Crippen LogP contribution in [0.25, 0.3) is 0 Å². The number of methoxy groups -OCH3 is 1. The zero-order valence-electron chi connectivity index (χ0n) is 17.0. The lowest BCUT2D eigenvalue weighted by molar-refractivity contribution is 0.0730. The molecule has 0 spiro atoms. The van der Waals surface area contributed by atoms with Crippen molar-refractivity contribution in [1.82, 2.24) is 14.2 Å². The van der Waals surface area contributed by atoms with E-state index in [0.29, 0.717) is 38.7 Å². The Labute approximate surface area is 172 Å². The Bertz CT molecular complexity index is 897. The molecule has 3 rings (SSSR count). The molecule has 0 aliphatic carbocycles. The summed E-state index contributed by atoms with van der Waals surface area (Å²) in [5.41, 5.74) is 1.07. The molecule has 29 heavy (non-hydrogen) atoms. The van der Waals surface area contributed by atoms with Crippen molar-refractivity contribution in [2.45, 2.75) is 10.9 Å². The molecule has 1 aromatic carbocycles. The van der Waals surface area contributed by atoms with Crippen molar-refractivity contribution in [3.63, 3.8) is 0 Å². The summed E-state index contributed by atoms with van der Waals surface area (Å²) >= 11 is 0. The highest BCUT2D eigenvalue weighted by molar-refractivity contribution is 7.89. The largest absolute Gasteiger partial charge is 0.496 e. The van der Waals surface area contributed by atoms with Gasteiger partial charge in [-0.3, -0.25) is 0 Å². The number of nitrogens with one attached hydrogen (secondary N) is 1. The predicted molar refractivity (Wildman–Crippen MR) is 112 cm³/mol. The van der Waals surface area contributed by atoms with Crippen LogP contribution < -0.4 is 10.1 Å². The fourth-order valence-corrected chi connectivity index (χ4v) is 4.64. The normalized spacial score (nSPS) is 16.6. The molecule has 2 heterocycles. The third-order valence-electron chi connectivity index (χ3n) is 4.94. The van der Waals surface area contributed by atoms with Crippen molar-refractivity contribution in [2.75, 3.05) is 59.4 Å². The molecule has 1 aromatic heterocycles. The second kappa shape index (κ2) is 9.53. The van der Waals surface area contributed by atoms with Gasteiger partial charge in [0.25, 0.3) is 0 Å². The molecule has 1 N–H and O–H groups in total. The maximum Gasteiger partial charge on any atom is 0.244 e. The zero-order valence-corrected chi connectivity index (χ0v) is 17.9. The lowest BCUT2D eigenvalue weighted by atomic mass is 10.0. The summed E-state index contributed by atoms with van der Waals surface area (Å²) in [6, 6.07) is 11.3. The number of sulfonamides is 1. The highest BCUT2D eigenvalue weighted by Gasteiger charge is 2.26. The first-order chi connectivity index (χ1) is 13.9. The van der Waals surface area contributed by atoms with Crippen LogP contribution in [0.4, 0.5) is 5.82 Å². The summed E-state index contributed by atoms with van der Waals surface area (Å²) in [5.74, 6) is 1.44. The number of rotatable bonds is 8. The fourth-order valence-electron chi connectivity index (χ4n) is 3.29. The van der Waals surface area contributed by atoms with E-state index >= 15 is 0 Å². The number of likely N-dealkylation sites (N-methyl/N-ethyl adjacent to an activating group) is 1. The van der Waals surface area contributed by atoms with E-state index in [9.17, 15) is 8.42 Å². The summed E-state index contributed by atoms with van der Waals surface area (Å²) in [6.45, 7) is 2.16. The van der Waals surface area contributed by atoms with Crippen LogP contribution in [-0.4, -0.2) is 76.7 Å². The zero-order chi connectivity index (χ0) is 20.9. The second-order valence-corrected chi connectivity index (χ2v) is 8.94. The van der Waals surface area contributed by atoms with E-state index in [2.05, 4.69) is 15.2 Å². The van der Waals surface area contributed by atoms with Crippen molar-refractivity contribution in [3.8, 4) is 5.75 Å². The molecule has 0 saturated carbocycles. The van der Waals surface area contributed by atoms with E-state index in [1.807, 2.05) is 38.4 Å². The minimum Gasteiger partial charge on any atom is -0.496 e.